The number of hydrogen-bond acceptors (Lipinski definition) is 2. The number of carboxylic acids is 1. The van der Waals surface area contributed by atoms with Crippen molar-refractivity contribution < 1.29 is 14.7 Å². The van der Waals surface area contributed by atoms with Crippen molar-refractivity contribution in [1.82, 2.24) is 0 Å². The number of benzene rings is 1. The van der Waals surface area contributed by atoms with Crippen molar-refractivity contribution >= 4 is 11.8 Å². The molecule has 0 saturated carbocycles. The molecule has 0 atom stereocenters. The van der Waals surface area contributed by atoms with E-state index in [1.807, 2.05) is 45.0 Å². The van der Waals surface area contributed by atoms with Crippen molar-refractivity contribution in [3.8, 4) is 0 Å². The van der Waals surface area contributed by atoms with Gasteiger partial charge in [-0.3, -0.25) is 9.59 Å². The summed E-state index contributed by atoms with van der Waals surface area (Å²) < 4.78 is 0. The van der Waals surface area contributed by atoms with E-state index in [1.54, 1.807) is 0 Å². The van der Waals surface area contributed by atoms with Crippen LogP contribution in [0.5, 0.6) is 0 Å². The van der Waals surface area contributed by atoms with Crippen LogP contribution in [0.2, 0.25) is 0 Å². The van der Waals surface area contributed by atoms with Gasteiger partial charge in [-0.1, -0.05) is 43.7 Å². The molecule has 17 heavy (non-hydrogen) atoms. The molecule has 94 valence electrons. The van der Waals surface area contributed by atoms with Crippen molar-refractivity contribution in [2.24, 2.45) is 0 Å². The molecule has 0 saturated heterocycles. The maximum absolute atomic E-state index is 11.3. The summed E-state index contributed by atoms with van der Waals surface area (Å²) in [6, 6.07) is 7.68. The Morgan fingerprint density at radius 2 is 1.59 bits per heavy atom. The third-order valence-corrected chi connectivity index (χ3v) is 2.14. The van der Waals surface area contributed by atoms with Gasteiger partial charge in [0.05, 0.1) is 6.42 Å². The molecule has 1 N–H and O–H groups in total. The monoisotopic (exact) mass is 236 g/mol. The van der Waals surface area contributed by atoms with Crippen LogP contribution in [-0.2, 0) is 16.0 Å². The minimum absolute atomic E-state index is 0.0266. The molecule has 0 aliphatic heterocycles. The summed E-state index contributed by atoms with van der Waals surface area (Å²) in [5, 5.41) is 8.41. The predicted octanol–water partition coefficient (Wildman–Crippen LogP) is 3.00. The van der Waals surface area contributed by atoms with Crippen LogP contribution in [0.1, 0.15) is 37.8 Å². The third kappa shape index (κ3) is 7.28. The van der Waals surface area contributed by atoms with Crippen molar-refractivity contribution in [2.45, 2.75) is 40.0 Å². The van der Waals surface area contributed by atoms with Crippen LogP contribution in [0.25, 0.3) is 0 Å². The zero-order valence-electron chi connectivity index (χ0n) is 10.7. The highest BCUT2D eigenvalue weighted by atomic mass is 16.4. The second-order valence-electron chi connectivity index (χ2n) is 3.59. The van der Waals surface area contributed by atoms with Gasteiger partial charge in [0.2, 0.25) is 0 Å². The summed E-state index contributed by atoms with van der Waals surface area (Å²) in [5.41, 5.74) is 2.09. The van der Waals surface area contributed by atoms with Gasteiger partial charge in [0.15, 0.2) is 0 Å². The second kappa shape index (κ2) is 8.50. The third-order valence-electron chi connectivity index (χ3n) is 2.14. The quantitative estimate of drug-likeness (QED) is 0.855. The van der Waals surface area contributed by atoms with Crippen LogP contribution in [-0.4, -0.2) is 16.9 Å². The van der Waals surface area contributed by atoms with Crippen LogP contribution in [0, 0.1) is 6.92 Å². The SMILES string of the molecule is CC.Cc1ccc(CC(=O)CCC(=O)O)cc1. The molecule has 0 amide bonds. The Labute approximate surface area is 102 Å². The lowest BCUT2D eigenvalue weighted by Gasteiger charge is -2.00. The number of aliphatic carboxylic acids is 1. The first-order valence-corrected chi connectivity index (χ1v) is 5.87. The maximum atomic E-state index is 11.3. The van der Waals surface area contributed by atoms with E-state index >= 15 is 0 Å². The molecular weight excluding hydrogens is 216 g/mol. The standard InChI is InChI=1S/C12H14O3.C2H6/c1-9-2-4-10(5-3-9)8-11(13)6-7-12(14)15;1-2/h2-5H,6-8H2,1H3,(H,14,15);1-2H3. The predicted molar refractivity (Wildman–Crippen MR) is 68.1 cm³/mol. The van der Waals surface area contributed by atoms with Gasteiger partial charge >= 0.3 is 5.97 Å². The largest absolute Gasteiger partial charge is 0.481 e. The molecular formula is C14H20O3. The Hall–Kier alpha value is -1.64. The minimum atomic E-state index is -0.924. The van der Waals surface area contributed by atoms with Crippen LogP contribution in [0.3, 0.4) is 0 Å². The molecule has 1 aromatic carbocycles. The summed E-state index contributed by atoms with van der Waals surface area (Å²) in [4.78, 5) is 21.6. The number of hydrogen-bond donors (Lipinski definition) is 1. The van der Waals surface area contributed by atoms with Crippen LogP contribution < -0.4 is 0 Å². The van der Waals surface area contributed by atoms with Gasteiger partial charge in [-0.25, -0.2) is 0 Å². The smallest absolute Gasteiger partial charge is 0.303 e. The Balaban J connectivity index is 0.00000121. The summed E-state index contributed by atoms with van der Waals surface area (Å²) in [6.07, 6.45) is 0.363. The fraction of sp³-hybridized carbons (Fsp3) is 0.429. The van der Waals surface area contributed by atoms with E-state index in [-0.39, 0.29) is 18.6 Å². The average Bonchev–Trinajstić information content (AvgIpc) is 2.32. The summed E-state index contributed by atoms with van der Waals surface area (Å²) in [6.45, 7) is 5.98. The number of carbonyl (C=O) groups is 2. The normalized spacial score (nSPS) is 9.12. The zero-order chi connectivity index (χ0) is 13.3. The van der Waals surface area contributed by atoms with Gasteiger partial charge in [-0.15, -0.1) is 0 Å². The van der Waals surface area contributed by atoms with E-state index in [2.05, 4.69) is 0 Å². The van der Waals surface area contributed by atoms with Gasteiger partial charge in [0, 0.05) is 12.8 Å². The zero-order valence-corrected chi connectivity index (χ0v) is 10.7. The molecule has 0 fully saturated rings. The topological polar surface area (TPSA) is 54.4 Å². The number of carboxylic acid groups (broad SMARTS) is 1. The van der Waals surface area contributed by atoms with Crippen molar-refractivity contribution in [2.75, 3.05) is 0 Å². The number of ketones is 1. The highest BCUT2D eigenvalue weighted by molar-refractivity contribution is 5.84. The first-order valence-electron chi connectivity index (χ1n) is 5.87. The Morgan fingerprint density at radius 1 is 1.06 bits per heavy atom. The fourth-order valence-electron chi connectivity index (χ4n) is 1.27. The minimum Gasteiger partial charge on any atom is -0.481 e. The van der Waals surface area contributed by atoms with E-state index in [4.69, 9.17) is 5.11 Å². The van der Waals surface area contributed by atoms with E-state index in [1.165, 1.54) is 0 Å². The molecule has 3 heteroatoms. The number of rotatable bonds is 5. The van der Waals surface area contributed by atoms with Crippen LogP contribution in [0.15, 0.2) is 24.3 Å². The molecule has 0 spiro atoms. The Morgan fingerprint density at radius 3 is 2.06 bits per heavy atom. The van der Waals surface area contributed by atoms with Gasteiger partial charge in [-0.2, -0.15) is 0 Å². The fourth-order valence-corrected chi connectivity index (χ4v) is 1.27. The van der Waals surface area contributed by atoms with Crippen molar-refractivity contribution in [3.05, 3.63) is 35.4 Å². The molecule has 0 radical (unpaired) electrons. The van der Waals surface area contributed by atoms with Gasteiger partial charge in [-0.05, 0) is 12.5 Å². The lowest BCUT2D eigenvalue weighted by atomic mass is 10.0. The van der Waals surface area contributed by atoms with E-state index in [0.717, 1.165) is 11.1 Å². The van der Waals surface area contributed by atoms with E-state index < -0.39 is 5.97 Å². The van der Waals surface area contributed by atoms with Gasteiger partial charge < -0.3 is 5.11 Å². The molecule has 3 nitrogen and oxygen atoms in total. The molecule has 1 aromatic rings. The first-order chi connectivity index (χ1) is 8.08. The molecule has 0 aliphatic rings. The molecule has 0 heterocycles. The highest BCUT2D eigenvalue weighted by Crippen LogP contribution is 2.06. The molecule has 0 aliphatic carbocycles. The molecule has 0 unspecified atom stereocenters. The molecule has 0 aromatic heterocycles. The van der Waals surface area contributed by atoms with Crippen molar-refractivity contribution in [1.29, 1.82) is 0 Å². The average molecular weight is 236 g/mol. The number of Topliss-reactive ketones (excluding diaryl/α,β-unsaturated/α-hetero) is 1. The van der Waals surface area contributed by atoms with Gasteiger partial charge in [0.25, 0.3) is 0 Å². The summed E-state index contributed by atoms with van der Waals surface area (Å²) in [7, 11) is 0. The summed E-state index contributed by atoms with van der Waals surface area (Å²) in [5.74, 6) is -0.950. The molecule has 0 bridgehead atoms. The first kappa shape index (κ1) is 15.4. The van der Waals surface area contributed by atoms with Gasteiger partial charge in [0.1, 0.15) is 5.78 Å². The number of aryl methyl sites for hydroxylation is 1. The van der Waals surface area contributed by atoms with Crippen molar-refractivity contribution in [3.63, 3.8) is 0 Å². The maximum Gasteiger partial charge on any atom is 0.303 e. The second-order valence-corrected chi connectivity index (χ2v) is 3.59. The van der Waals surface area contributed by atoms with E-state index in [9.17, 15) is 9.59 Å². The highest BCUT2D eigenvalue weighted by Gasteiger charge is 2.06. The van der Waals surface area contributed by atoms with Crippen LogP contribution in [0.4, 0.5) is 0 Å². The lowest BCUT2D eigenvalue weighted by Crippen LogP contribution is -2.06. The Kier molecular flexibility index (Phi) is 7.68. The van der Waals surface area contributed by atoms with Crippen LogP contribution >= 0.6 is 0 Å². The van der Waals surface area contributed by atoms with E-state index in [0.29, 0.717) is 6.42 Å². The Bertz CT molecular complexity index is 352. The summed E-state index contributed by atoms with van der Waals surface area (Å²) >= 11 is 0. The lowest BCUT2D eigenvalue weighted by molar-refractivity contribution is -0.138. The molecule has 1 rings (SSSR count). The number of carbonyl (C=O) groups excluding carboxylic acids is 1.